The Kier molecular flexibility index (Phi) is 4.47. The van der Waals surface area contributed by atoms with Gasteiger partial charge in [-0.2, -0.15) is 0 Å². The van der Waals surface area contributed by atoms with Crippen LogP contribution in [0.25, 0.3) is 10.9 Å². The Labute approximate surface area is 123 Å². The highest BCUT2D eigenvalue weighted by atomic mass is 16.5. The predicted molar refractivity (Wildman–Crippen MR) is 82.7 cm³/mol. The summed E-state index contributed by atoms with van der Waals surface area (Å²) in [6.45, 7) is 5.49. The Bertz CT molecular complexity index is 649. The molecule has 0 saturated carbocycles. The molecule has 1 aromatic carbocycles. The zero-order chi connectivity index (χ0) is 14.5. The number of ether oxygens (including phenoxy) is 1. The third-order valence-corrected chi connectivity index (χ3v) is 3.66. The van der Waals surface area contributed by atoms with Crippen molar-refractivity contribution in [3.63, 3.8) is 0 Å². The number of hydrogen-bond donors (Lipinski definition) is 2. The highest BCUT2D eigenvalue weighted by molar-refractivity contribution is 5.78. The molecule has 1 aliphatic rings. The molecule has 1 fully saturated rings. The summed E-state index contributed by atoms with van der Waals surface area (Å²) in [5.74, 6) is 0.542. The van der Waals surface area contributed by atoms with E-state index in [2.05, 4.69) is 20.2 Å². The molecule has 1 aliphatic heterocycles. The minimum atomic E-state index is -0.101. The molecule has 0 spiro atoms. The normalized spacial score (nSPS) is 16.2. The van der Waals surface area contributed by atoms with Gasteiger partial charge in [-0.1, -0.05) is 12.1 Å². The molecule has 21 heavy (non-hydrogen) atoms. The van der Waals surface area contributed by atoms with Gasteiger partial charge in [-0.05, 0) is 25.1 Å². The van der Waals surface area contributed by atoms with Crippen LogP contribution in [0, 0.1) is 0 Å². The Morgan fingerprint density at radius 3 is 2.95 bits per heavy atom. The molecule has 0 aliphatic carbocycles. The second kappa shape index (κ2) is 6.69. The molecule has 0 amide bonds. The van der Waals surface area contributed by atoms with Gasteiger partial charge in [0.05, 0.1) is 24.1 Å². The molecular formula is C15H20N4O2. The summed E-state index contributed by atoms with van der Waals surface area (Å²) >= 11 is 0. The third kappa shape index (κ3) is 3.59. The summed E-state index contributed by atoms with van der Waals surface area (Å²) in [7, 11) is 0. The van der Waals surface area contributed by atoms with Crippen LogP contribution in [-0.2, 0) is 4.74 Å². The number of benzene rings is 1. The standard InChI is InChI=1S/C15H20N4O2/c20-14-12-4-1-2-5-13(12)17-15(18-14)16-6-3-7-19-8-10-21-11-9-19/h1-2,4-5H,3,6-11H2,(H2,16,17,18,20). The molecule has 2 N–H and O–H groups in total. The maximum absolute atomic E-state index is 11.9. The van der Waals surface area contributed by atoms with Gasteiger partial charge in [0.2, 0.25) is 5.95 Å². The van der Waals surface area contributed by atoms with E-state index in [1.807, 2.05) is 18.2 Å². The number of morpholine rings is 1. The third-order valence-electron chi connectivity index (χ3n) is 3.66. The van der Waals surface area contributed by atoms with Gasteiger partial charge < -0.3 is 10.1 Å². The van der Waals surface area contributed by atoms with Crippen molar-refractivity contribution >= 4 is 16.9 Å². The topological polar surface area (TPSA) is 70.2 Å². The fraction of sp³-hybridized carbons (Fsp3) is 0.467. The van der Waals surface area contributed by atoms with Crippen molar-refractivity contribution < 1.29 is 4.74 Å². The lowest BCUT2D eigenvalue weighted by molar-refractivity contribution is 0.0378. The highest BCUT2D eigenvalue weighted by Crippen LogP contribution is 2.07. The summed E-state index contributed by atoms with van der Waals surface area (Å²) in [5, 5.41) is 3.81. The minimum absolute atomic E-state index is 0.101. The number of aromatic amines is 1. The van der Waals surface area contributed by atoms with Crippen LogP contribution in [0.3, 0.4) is 0 Å². The Morgan fingerprint density at radius 1 is 1.29 bits per heavy atom. The molecule has 6 nitrogen and oxygen atoms in total. The average molecular weight is 288 g/mol. The van der Waals surface area contributed by atoms with Gasteiger partial charge in [0.1, 0.15) is 0 Å². The Balaban J connectivity index is 1.54. The minimum Gasteiger partial charge on any atom is -0.379 e. The van der Waals surface area contributed by atoms with E-state index < -0.39 is 0 Å². The van der Waals surface area contributed by atoms with Crippen LogP contribution in [0.1, 0.15) is 6.42 Å². The van der Waals surface area contributed by atoms with E-state index in [1.165, 1.54) is 0 Å². The van der Waals surface area contributed by atoms with Crippen molar-refractivity contribution in [2.75, 3.05) is 44.7 Å². The van der Waals surface area contributed by atoms with Crippen LogP contribution in [0.2, 0.25) is 0 Å². The van der Waals surface area contributed by atoms with E-state index in [9.17, 15) is 4.79 Å². The molecule has 2 heterocycles. The number of rotatable bonds is 5. The number of aromatic nitrogens is 2. The second-order valence-electron chi connectivity index (χ2n) is 5.17. The largest absolute Gasteiger partial charge is 0.379 e. The van der Waals surface area contributed by atoms with Gasteiger partial charge in [-0.3, -0.25) is 14.7 Å². The van der Waals surface area contributed by atoms with E-state index in [0.29, 0.717) is 11.3 Å². The van der Waals surface area contributed by atoms with Gasteiger partial charge in [-0.15, -0.1) is 0 Å². The summed E-state index contributed by atoms with van der Waals surface area (Å²) in [5.41, 5.74) is 0.619. The van der Waals surface area contributed by atoms with Crippen LogP contribution in [0.4, 0.5) is 5.95 Å². The first-order valence-corrected chi connectivity index (χ1v) is 7.36. The van der Waals surface area contributed by atoms with E-state index >= 15 is 0 Å². The van der Waals surface area contributed by atoms with E-state index in [4.69, 9.17) is 4.74 Å². The van der Waals surface area contributed by atoms with E-state index in [-0.39, 0.29) is 5.56 Å². The lowest BCUT2D eigenvalue weighted by Crippen LogP contribution is -2.37. The fourth-order valence-corrected chi connectivity index (χ4v) is 2.50. The molecule has 0 unspecified atom stereocenters. The smallest absolute Gasteiger partial charge is 0.260 e. The molecule has 1 aromatic heterocycles. The number of fused-ring (bicyclic) bond motifs is 1. The van der Waals surface area contributed by atoms with Crippen molar-refractivity contribution in [3.8, 4) is 0 Å². The zero-order valence-corrected chi connectivity index (χ0v) is 12.0. The van der Waals surface area contributed by atoms with E-state index in [0.717, 1.165) is 51.3 Å². The van der Waals surface area contributed by atoms with Crippen LogP contribution in [0.15, 0.2) is 29.1 Å². The molecule has 0 atom stereocenters. The fourth-order valence-electron chi connectivity index (χ4n) is 2.50. The maximum Gasteiger partial charge on any atom is 0.260 e. The number of hydrogen-bond acceptors (Lipinski definition) is 5. The average Bonchev–Trinajstić information content (AvgIpc) is 2.53. The van der Waals surface area contributed by atoms with Gasteiger partial charge in [0.25, 0.3) is 5.56 Å². The van der Waals surface area contributed by atoms with Gasteiger partial charge in [-0.25, -0.2) is 4.98 Å². The van der Waals surface area contributed by atoms with Crippen molar-refractivity contribution in [2.24, 2.45) is 0 Å². The Morgan fingerprint density at radius 2 is 2.10 bits per heavy atom. The first-order valence-electron chi connectivity index (χ1n) is 7.36. The van der Waals surface area contributed by atoms with Crippen molar-refractivity contribution in [3.05, 3.63) is 34.6 Å². The van der Waals surface area contributed by atoms with Gasteiger partial charge in [0, 0.05) is 19.6 Å². The number of nitrogens with zero attached hydrogens (tertiary/aromatic N) is 2. The summed E-state index contributed by atoms with van der Waals surface area (Å²) in [6, 6.07) is 7.36. The molecule has 0 radical (unpaired) electrons. The molecule has 3 rings (SSSR count). The molecule has 112 valence electrons. The molecule has 6 heteroatoms. The predicted octanol–water partition coefficient (Wildman–Crippen LogP) is 1.06. The molecule has 0 bridgehead atoms. The number of para-hydroxylation sites is 1. The van der Waals surface area contributed by atoms with E-state index in [1.54, 1.807) is 6.07 Å². The lowest BCUT2D eigenvalue weighted by atomic mass is 10.2. The summed E-state index contributed by atoms with van der Waals surface area (Å²) in [4.78, 5) is 21.5. The van der Waals surface area contributed by atoms with Crippen LogP contribution in [0.5, 0.6) is 0 Å². The first kappa shape index (κ1) is 14.0. The number of H-pyrrole nitrogens is 1. The molecule has 1 saturated heterocycles. The monoisotopic (exact) mass is 288 g/mol. The number of nitrogens with one attached hydrogen (secondary N) is 2. The zero-order valence-electron chi connectivity index (χ0n) is 12.0. The summed E-state index contributed by atoms with van der Waals surface area (Å²) in [6.07, 6.45) is 1.01. The summed E-state index contributed by atoms with van der Waals surface area (Å²) < 4.78 is 5.32. The van der Waals surface area contributed by atoms with Crippen molar-refractivity contribution in [1.82, 2.24) is 14.9 Å². The van der Waals surface area contributed by atoms with Crippen molar-refractivity contribution in [1.29, 1.82) is 0 Å². The van der Waals surface area contributed by atoms with Gasteiger partial charge in [0.15, 0.2) is 0 Å². The lowest BCUT2D eigenvalue weighted by Gasteiger charge is -2.26. The SMILES string of the molecule is O=c1[nH]c(NCCCN2CCOCC2)nc2ccccc12. The second-order valence-corrected chi connectivity index (χ2v) is 5.17. The maximum atomic E-state index is 11.9. The van der Waals surface area contributed by atoms with Gasteiger partial charge >= 0.3 is 0 Å². The van der Waals surface area contributed by atoms with Crippen LogP contribution in [-0.4, -0.2) is 54.3 Å². The van der Waals surface area contributed by atoms with Crippen LogP contribution >= 0.6 is 0 Å². The number of anilines is 1. The van der Waals surface area contributed by atoms with Crippen LogP contribution < -0.4 is 10.9 Å². The highest BCUT2D eigenvalue weighted by Gasteiger charge is 2.09. The Hall–Kier alpha value is -1.92. The molecular weight excluding hydrogens is 268 g/mol. The quantitative estimate of drug-likeness (QED) is 0.805. The van der Waals surface area contributed by atoms with Crippen molar-refractivity contribution in [2.45, 2.75) is 6.42 Å². The molecule has 2 aromatic rings. The first-order chi connectivity index (χ1) is 10.3.